The van der Waals surface area contributed by atoms with Gasteiger partial charge in [-0.05, 0) is 13.0 Å². The predicted molar refractivity (Wildman–Crippen MR) is 74.5 cm³/mol. The van der Waals surface area contributed by atoms with Gasteiger partial charge in [0, 0.05) is 11.6 Å². The molecule has 0 aliphatic carbocycles. The first-order valence-electron chi connectivity index (χ1n) is 6.19. The Bertz CT molecular complexity index is 775. The summed E-state index contributed by atoms with van der Waals surface area (Å²) in [5, 5.41) is 4.09. The maximum atomic E-state index is 11.9. The average molecular weight is 267 g/mol. The largest absolute Gasteiger partial charge is 0.464 e. The standard InChI is InChI=1S/C15H13N3O2/c1-10-3-5-11(6-4-10)12-9-13(15(19)20-2)18-14(17-12)7-8-16-18/h3-9H,1-2H3. The summed E-state index contributed by atoms with van der Waals surface area (Å²) in [6, 6.07) is 11.4. The van der Waals surface area contributed by atoms with Gasteiger partial charge in [0.1, 0.15) is 0 Å². The second-order valence-electron chi connectivity index (χ2n) is 4.49. The lowest BCUT2D eigenvalue weighted by Crippen LogP contribution is -2.10. The summed E-state index contributed by atoms with van der Waals surface area (Å²) < 4.78 is 6.27. The number of hydrogen-bond donors (Lipinski definition) is 0. The van der Waals surface area contributed by atoms with Crippen LogP contribution in [0, 0.1) is 6.92 Å². The van der Waals surface area contributed by atoms with Crippen molar-refractivity contribution in [3.8, 4) is 11.3 Å². The molecule has 3 aromatic rings. The number of carbonyl (C=O) groups is 1. The minimum Gasteiger partial charge on any atom is -0.464 e. The van der Waals surface area contributed by atoms with Gasteiger partial charge in [0.15, 0.2) is 11.3 Å². The van der Waals surface area contributed by atoms with Crippen molar-refractivity contribution >= 4 is 11.6 Å². The Hall–Kier alpha value is -2.69. The molecule has 0 amide bonds. The van der Waals surface area contributed by atoms with E-state index in [0.717, 1.165) is 11.3 Å². The number of methoxy groups -OCH3 is 1. The maximum Gasteiger partial charge on any atom is 0.356 e. The SMILES string of the molecule is COC(=O)c1cc(-c2ccc(C)cc2)nc2ccnn12. The molecule has 0 N–H and O–H groups in total. The highest BCUT2D eigenvalue weighted by Crippen LogP contribution is 2.20. The highest BCUT2D eigenvalue weighted by atomic mass is 16.5. The van der Waals surface area contributed by atoms with Gasteiger partial charge in [-0.2, -0.15) is 5.10 Å². The average Bonchev–Trinajstić information content (AvgIpc) is 2.94. The monoisotopic (exact) mass is 267 g/mol. The van der Waals surface area contributed by atoms with Crippen molar-refractivity contribution in [2.24, 2.45) is 0 Å². The Kier molecular flexibility index (Phi) is 2.95. The highest BCUT2D eigenvalue weighted by molar-refractivity contribution is 5.89. The number of esters is 1. The van der Waals surface area contributed by atoms with Crippen molar-refractivity contribution in [3.05, 3.63) is 53.9 Å². The predicted octanol–water partition coefficient (Wildman–Crippen LogP) is 2.49. The molecular formula is C15H13N3O2. The van der Waals surface area contributed by atoms with Crippen LogP contribution in [0.25, 0.3) is 16.9 Å². The third kappa shape index (κ3) is 2.03. The fraction of sp³-hybridized carbons (Fsp3) is 0.133. The van der Waals surface area contributed by atoms with E-state index >= 15 is 0 Å². The van der Waals surface area contributed by atoms with Crippen LogP contribution in [0.1, 0.15) is 16.1 Å². The zero-order chi connectivity index (χ0) is 14.1. The van der Waals surface area contributed by atoms with Gasteiger partial charge in [0.2, 0.25) is 0 Å². The van der Waals surface area contributed by atoms with Crippen LogP contribution in [-0.2, 0) is 4.74 Å². The van der Waals surface area contributed by atoms with E-state index in [4.69, 9.17) is 4.74 Å². The Morgan fingerprint density at radius 2 is 1.95 bits per heavy atom. The summed E-state index contributed by atoms with van der Waals surface area (Å²) in [5.74, 6) is -0.436. The van der Waals surface area contributed by atoms with Gasteiger partial charge in [-0.15, -0.1) is 0 Å². The van der Waals surface area contributed by atoms with Gasteiger partial charge >= 0.3 is 5.97 Å². The van der Waals surface area contributed by atoms with E-state index in [1.54, 1.807) is 18.3 Å². The van der Waals surface area contributed by atoms with Gasteiger partial charge in [0.25, 0.3) is 0 Å². The molecule has 0 spiro atoms. The van der Waals surface area contributed by atoms with E-state index in [1.165, 1.54) is 17.2 Å². The number of ether oxygens (including phenoxy) is 1. The topological polar surface area (TPSA) is 56.5 Å². The summed E-state index contributed by atoms with van der Waals surface area (Å²) in [6.07, 6.45) is 1.60. The molecule has 0 saturated heterocycles. The molecule has 1 aromatic carbocycles. The summed E-state index contributed by atoms with van der Waals surface area (Å²) >= 11 is 0. The third-order valence-corrected chi connectivity index (χ3v) is 3.10. The molecule has 2 aromatic heterocycles. The van der Waals surface area contributed by atoms with Gasteiger partial charge in [-0.25, -0.2) is 14.3 Å². The number of nitrogens with zero attached hydrogens (tertiary/aromatic N) is 3. The molecule has 0 radical (unpaired) electrons. The summed E-state index contributed by atoms with van der Waals surface area (Å²) in [5.41, 5.74) is 3.82. The smallest absolute Gasteiger partial charge is 0.356 e. The Morgan fingerprint density at radius 1 is 1.20 bits per heavy atom. The van der Waals surface area contributed by atoms with E-state index in [-0.39, 0.29) is 0 Å². The quantitative estimate of drug-likeness (QED) is 0.669. The minimum absolute atomic E-state index is 0.359. The molecule has 0 aliphatic heterocycles. The van der Waals surface area contributed by atoms with Crippen LogP contribution in [0.5, 0.6) is 0 Å². The molecule has 20 heavy (non-hydrogen) atoms. The molecule has 0 saturated carbocycles. The van der Waals surface area contributed by atoms with Gasteiger partial charge in [-0.1, -0.05) is 29.8 Å². The molecule has 5 heteroatoms. The van der Waals surface area contributed by atoms with E-state index < -0.39 is 5.97 Å². The van der Waals surface area contributed by atoms with E-state index in [9.17, 15) is 4.79 Å². The van der Waals surface area contributed by atoms with Crippen LogP contribution >= 0.6 is 0 Å². The van der Waals surface area contributed by atoms with Crippen molar-refractivity contribution in [3.63, 3.8) is 0 Å². The fourth-order valence-corrected chi connectivity index (χ4v) is 2.04. The van der Waals surface area contributed by atoms with Crippen LogP contribution in [0.15, 0.2) is 42.6 Å². The number of fused-ring (bicyclic) bond motifs is 1. The number of aryl methyl sites for hydroxylation is 1. The first kappa shape index (κ1) is 12.3. The molecular weight excluding hydrogens is 254 g/mol. The Labute approximate surface area is 115 Å². The van der Waals surface area contributed by atoms with Gasteiger partial charge in [-0.3, -0.25) is 0 Å². The molecule has 0 fully saturated rings. The van der Waals surface area contributed by atoms with Crippen molar-refractivity contribution in [1.29, 1.82) is 0 Å². The molecule has 100 valence electrons. The van der Waals surface area contributed by atoms with Crippen LogP contribution in [0.2, 0.25) is 0 Å². The summed E-state index contributed by atoms with van der Waals surface area (Å²) in [6.45, 7) is 2.03. The van der Waals surface area contributed by atoms with E-state index in [1.807, 2.05) is 31.2 Å². The summed E-state index contributed by atoms with van der Waals surface area (Å²) in [7, 11) is 1.35. The Balaban J connectivity index is 2.21. The number of aromatic nitrogens is 3. The van der Waals surface area contributed by atoms with Crippen molar-refractivity contribution in [1.82, 2.24) is 14.6 Å². The number of benzene rings is 1. The molecule has 0 atom stereocenters. The summed E-state index contributed by atoms with van der Waals surface area (Å²) in [4.78, 5) is 16.4. The second kappa shape index (κ2) is 4.77. The lowest BCUT2D eigenvalue weighted by Gasteiger charge is -2.07. The first-order valence-corrected chi connectivity index (χ1v) is 6.19. The molecule has 5 nitrogen and oxygen atoms in total. The van der Waals surface area contributed by atoms with E-state index in [0.29, 0.717) is 11.3 Å². The van der Waals surface area contributed by atoms with Crippen molar-refractivity contribution in [2.75, 3.05) is 7.11 Å². The third-order valence-electron chi connectivity index (χ3n) is 3.10. The van der Waals surface area contributed by atoms with Crippen LogP contribution in [0.3, 0.4) is 0 Å². The number of carbonyl (C=O) groups excluding carboxylic acids is 1. The van der Waals surface area contributed by atoms with Gasteiger partial charge < -0.3 is 4.74 Å². The van der Waals surface area contributed by atoms with Gasteiger partial charge in [0.05, 0.1) is 19.0 Å². The van der Waals surface area contributed by atoms with E-state index in [2.05, 4.69) is 10.1 Å². The molecule has 0 unspecified atom stereocenters. The Morgan fingerprint density at radius 3 is 2.65 bits per heavy atom. The second-order valence-corrected chi connectivity index (χ2v) is 4.49. The zero-order valence-corrected chi connectivity index (χ0v) is 11.2. The van der Waals surface area contributed by atoms with Crippen LogP contribution in [-0.4, -0.2) is 27.7 Å². The van der Waals surface area contributed by atoms with Crippen LogP contribution in [0.4, 0.5) is 0 Å². The lowest BCUT2D eigenvalue weighted by atomic mass is 10.1. The highest BCUT2D eigenvalue weighted by Gasteiger charge is 2.14. The minimum atomic E-state index is -0.436. The van der Waals surface area contributed by atoms with Crippen molar-refractivity contribution in [2.45, 2.75) is 6.92 Å². The maximum absolute atomic E-state index is 11.9. The number of rotatable bonds is 2. The van der Waals surface area contributed by atoms with Crippen molar-refractivity contribution < 1.29 is 9.53 Å². The molecule has 3 rings (SSSR count). The normalized spacial score (nSPS) is 10.7. The first-order chi connectivity index (χ1) is 9.69. The lowest BCUT2D eigenvalue weighted by molar-refractivity contribution is 0.0590. The molecule has 0 aliphatic rings. The number of hydrogen-bond acceptors (Lipinski definition) is 4. The van der Waals surface area contributed by atoms with Crippen LogP contribution < -0.4 is 0 Å². The molecule has 0 bridgehead atoms. The zero-order valence-electron chi connectivity index (χ0n) is 11.2. The fourth-order valence-electron chi connectivity index (χ4n) is 2.04. The molecule has 2 heterocycles.